The van der Waals surface area contributed by atoms with Gasteiger partial charge in [0.05, 0.1) is 17.6 Å². The maximum atomic E-state index is 13.1. The minimum Gasteiger partial charge on any atom is -0.492 e. The number of benzene rings is 1. The van der Waals surface area contributed by atoms with Crippen LogP contribution in [0.1, 0.15) is 50.8 Å². The third-order valence-corrected chi connectivity index (χ3v) is 8.28. The van der Waals surface area contributed by atoms with Crippen molar-refractivity contribution in [1.82, 2.24) is 9.80 Å². The summed E-state index contributed by atoms with van der Waals surface area (Å²) < 4.78 is 18.9. The lowest BCUT2D eigenvalue weighted by atomic mass is 9.73. The first-order valence-electron chi connectivity index (χ1n) is 12.7. The number of likely N-dealkylation sites (tertiary alicyclic amines) is 1. The first kappa shape index (κ1) is 27.1. The molecule has 1 atom stereocenters. The highest BCUT2D eigenvalue weighted by atomic mass is 32.1. The lowest BCUT2D eigenvalue weighted by Crippen LogP contribution is -2.46. The van der Waals surface area contributed by atoms with Crippen LogP contribution < -0.4 is 4.74 Å². The number of nitrogens with zero attached hydrogens (tertiary/aromatic N) is 4. The Morgan fingerprint density at radius 3 is 2.51 bits per heavy atom. The van der Waals surface area contributed by atoms with Gasteiger partial charge in [-0.25, -0.2) is 4.39 Å². The number of hydrogen-bond donors (Lipinski definition) is 0. The zero-order valence-corrected chi connectivity index (χ0v) is 21.8. The predicted molar refractivity (Wildman–Crippen MR) is 139 cm³/mol. The molecule has 1 unspecified atom stereocenters. The van der Waals surface area contributed by atoms with Crippen LogP contribution in [-0.2, 0) is 5.41 Å². The van der Waals surface area contributed by atoms with E-state index in [0.717, 1.165) is 58.4 Å². The van der Waals surface area contributed by atoms with E-state index in [9.17, 15) is 9.65 Å². The van der Waals surface area contributed by atoms with Crippen LogP contribution in [0.2, 0.25) is 0 Å². The zero-order chi connectivity index (χ0) is 25.1. The van der Waals surface area contributed by atoms with Gasteiger partial charge in [-0.05, 0) is 86.9 Å². The molecule has 1 aromatic heterocycles. The van der Waals surface area contributed by atoms with Crippen molar-refractivity contribution in [3.8, 4) is 17.9 Å². The van der Waals surface area contributed by atoms with Gasteiger partial charge < -0.3 is 9.64 Å². The van der Waals surface area contributed by atoms with Crippen LogP contribution in [0.15, 0.2) is 41.8 Å². The molecule has 2 aromatic rings. The first-order valence-corrected chi connectivity index (χ1v) is 13.5. The second-order valence-electron chi connectivity index (χ2n) is 9.64. The van der Waals surface area contributed by atoms with Gasteiger partial charge in [-0.15, -0.1) is 11.3 Å². The second-order valence-corrected chi connectivity index (χ2v) is 10.6. The Labute approximate surface area is 213 Å². The van der Waals surface area contributed by atoms with Gasteiger partial charge >= 0.3 is 0 Å². The monoisotopic (exact) mass is 496 g/mol. The van der Waals surface area contributed by atoms with Crippen LogP contribution >= 0.6 is 11.3 Å². The quantitative estimate of drug-likeness (QED) is 0.348. The summed E-state index contributed by atoms with van der Waals surface area (Å²) in [4.78, 5) is 6.08. The van der Waals surface area contributed by atoms with E-state index < -0.39 is 5.41 Å². The summed E-state index contributed by atoms with van der Waals surface area (Å²) >= 11 is 1.69. The Kier molecular flexibility index (Phi) is 10.5. The largest absolute Gasteiger partial charge is 0.492 e. The topological polar surface area (TPSA) is 63.3 Å². The van der Waals surface area contributed by atoms with Crippen molar-refractivity contribution in [3.63, 3.8) is 0 Å². The summed E-state index contributed by atoms with van der Waals surface area (Å²) in [6.45, 7) is 9.41. The van der Waals surface area contributed by atoms with Crippen LogP contribution in [0.4, 0.5) is 4.39 Å². The lowest BCUT2D eigenvalue weighted by molar-refractivity contribution is 0.0945. The van der Waals surface area contributed by atoms with Crippen molar-refractivity contribution < 1.29 is 9.13 Å². The highest BCUT2D eigenvalue weighted by molar-refractivity contribution is 7.10. The van der Waals surface area contributed by atoms with Gasteiger partial charge in [-0.2, -0.15) is 10.5 Å². The molecule has 1 aromatic carbocycles. The highest BCUT2D eigenvalue weighted by Crippen LogP contribution is 2.39. The number of rotatable bonds is 13. The molecule has 3 rings (SSSR count). The standard InChI is InChI=1S/C28H37FN4OS/c1-23(2)28(22-31,27-6-3-21-35-27)13-4-15-32-17-11-25(12-18-32)33(16-5-14-30)19-20-34-26-9-7-24(29)8-10-26/h3,6-10,21,23,25H,4-5,11-13,15-20H2,1-2H3. The molecule has 0 spiro atoms. The van der Waals surface area contributed by atoms with E-state index in [2.05, 4.69) is 47.2 Å². The average Bonchev–Trinajstić information content (AvgIpc) is 3.41. The summed E-state index contributed by atoms with van der Waals surface area (Å²) in [5.74, 6) is 0.676. The third-order valence-electron chi connectivity index (χ3n) is 7.24. The molecule has 188 valence electrons. The van der Waals surface area contributed by atoms with Crippen LogP contribution in [-0.4, -0.2) is 55.2 Å². The van der Waals surface area contributed by atoms with Gasteiger partial charge in [-0.3, -0.25) is 4.90 Å². The van der Waals surface area contributed by atoms with Crippen molar-refractivity contribution in [3.05, 3.63) is 52.5 Å². The fraction of sp³-hybridized carbons (Fsp3) is 0.571. The summed E-state index contributed by atoms with van der Waals surface area (Å²) in [6.07, 6.45) is 4.54. The maximum Gasteiger partial charge on any atom is 0.123 e. The summed E-state index contributed by atoms with van der Waals surface area (Å²) in [5.41, 5.74) is -0.398. The third kappa shape index (κ3) is 7.51. The van der Waals surface area contributed by atoms with E-state index in [-0.39, 0.29) is 11.7 Å². The first-order chi connectivity index (χ1) is 17.0. The Morgan fingerprint density at radius 1 is 1.17 bits per heavy atom. The van der Waals surface area contributed by atoms with E-state index in [1.54, 1.807) is 23.5 Å². The van der Waals surface area contributed by atoms with E-state index in [1.165, 1.54) is 17.0 Å². The smallest absolute Gasteiger partial charge is 0.123 e. The zero-order valence-electron chi connectivity index (χ0n) is 21.0. The highest BCUT2D eigenvalue weighted by Gasteiger charge is 2.36. The molecule has 0 saturated carbocycles. The molecule has 35 heavy (non-hydrogen) atoms. The molecular weight excluding hydrogens is 459 g/mol. The van der Waals surface area contributed by atoms with Crippen molar-refractivity contribution in [2.24, 2.45) is 5.92 Å². The van der Waals surface area contributed by atoms with E-state index in [4.69, 9.17) is 10.00 Å². The predicted octanol–water partition coefficient (Wildman–Crippen LogP) is 5.84. The van der Waals surface area contributed by atoms with Crippen LogP contribution in [0.3, 0.4) is 0 Å². The van der Waals surface area contributed by atoms with Crippen molar-refractivity contribution in [2.45, 2.75) is 57.4 Å². The van der Waals surface area contributed by atoms with Gasteiger partial charge in [0.25, 0.3) is 0 Å². The van der Waals surface area contributed by atoms with E-state index in [1.807, 2.05) is 6.07 Å². The molecule has 1 saturated heterocycles. The Bertz CT molecular complexity index is 958. The fourth-order valence-corrected chi connectivity index (χ4v) is 6.10. The maximum absolute atomic E-state index is 13.1. The Balaban J connectivity index is 1.46. The van der Waals surface area contributed by atoms with Gasteiger partial charge in [0.1, 0.15) is 18.2 Å². The number of hydrogen-bond acceptors (Lipinski definition) is 6. The van der Waals surface area contributed by atoms with Gasteiger partial charge in [0.15, 0.2) is 0 Å². The molecule has 0 radical (unpaired) electrons. The molecule has 1 aliphatic rings. The lowest BCUT2D eigenvalue weighted by Gasteiger charge is -2.39. The van der Waals surface area contributed by atoms with Gasteiger partial charge in [0.2, 0.25) is 0 Å². The van der Waals surface area contributed by atoms with Crippen LogP contribution in [0.25, 0.3) is 0 Å². The molecule has 0 aliphatic carbocycles. The number of nitriles is 2. The number of thiophene rings is 1. The molecule has 5 nitrogen and oxygen atoms in total. The normalized spacial score (nSPS) is 16.7. The molecule has 1 fully saturated rings. The van der Waals surface area contributed by atoms with Crippen molar-refractivity contribution >= 4 is 11.3 Å². The Morgan fingerprint density at radius 2 is 1.91 bits per heavy atom. The molecule has 7 heteroatoms. The van der Waals surface area contributed by atoms with Gasteiger partial charge in [-0.1, -0.05) is 19.9 Å². The average molecular weight is 497 g/mol. The van der Waals surface area contributed by atoms with Crippen molar-refractivity contribution in [2.75, 3.05) is 39.3 Å². The number of piperidine rings is 1. The molecule has 1 aliphatic heterocycles. The second kappa shape index (κ2) is 13.6. The molecule has 2 heterocycles. The molecule has 0 amide bonds. The number of halogens is 1. The fourth-order valence-electron chi connectivity index (χ4n) is 5.04. The molecule has 0 bridgehead atoms. The SMILES string of the molecule is CC(C)C(C#N)(CCCN1CCC(N(CCC#N)CCOc2ccc(F)cc2)CC1)c1cccs1. The molecular formula is C28H37FN4OS. The van der Waals surface area contributed by atoms with Crippen molar-refractivity contribution in [1.29, 1.82) is 10.5 Å². The Hall–Kier alpha value is -2.45. The van der Waals surface area contributed by atoms with Crippen LogP contribution in [0.5, 0.6) is 5.75 Å². The minimum atomic E-state index is -0.398. The van der Waals surface area contributed by atoms with E-state index >= 15 is 0 Å². The summed E-state index contributed by atoms with van der Waals surface area (Å²) in [6, 6.07) is 15.6. The van der Waals surface area contributed by atoms with E-state index in [0.29, 0.717) is 24.8 Å². The summed E-state index contributed by atoms with van der Waals surface area (Å²) in [7, 11) is 0. The molecule has 0 N–H and O–H groups in total. The van der Waals surface area contributed by atoms with Gasteiger partial charge in [0, 0.05) is 30.4 Å². The number of ether oxygens (including phenoxy) is 1. The van der Waals surface area contributed by atoms with Crippen LogP contribution in [0, 0.1) is 34.4 Å². The summed E-state index contributed by atoms with van der Waals surface area (Å²) in [5, 5.41) is 21.2. The minimum absolute atomic E-state index is 0.270.